The van der Waals surface area contributed by atoms with Gasteiger partial charge in [-0.25, -0.2) is 0 Å². The Bertz CT molecular complexity index is 332. The number of carboxylic acid groups (broad SMARTS) is 1. The summed E-state index contributed by atoms with van der Waals surface area (Å²) in [4.78, 5) is 34.0. The molecule has 76 valence electrons. The first-order valence-corrected chi connectivity index (χ1v) is 5.34. The van der Waals surface area contributed by atoms with Crippen molar-refractivity contribution in [2.75, 3.05) is 0 Å². The van der Waals surface area contributed by atoms with E-state index in [0.717, 1.165) is 11.8 Å². The highest BCUT2D eigenvalue weighted by molar-refractivity contribution is 8.15. The molecule has 2 atom stereocenters. The highest BCUT2D eigenvalue weighted by Gasteiger charge is 2.64. The number of carbonyl (C=O) groups excluding carboxylic acids is 2. The molecule has 0 radical (unpaired) electrons. The number of hydrogen-bond donors (Lipinski definition) is 1. The quantitative estimate of drug-likeness (QED) is 0.685. The molecule has 14 heavy (non-hydrogen) atoms. The van der Waals surface area contributed by atoms with E-state index in [9.17, 15) is 14.4 Å². The van der Waals surface area contributed by atoms with Crippen LogP contribution in [-0.2, 0) is 14.4 Å². The van der Waals surface area contributed by atoms with Crippen LogP contribution in [0.15, 0.2) is 0 Å². The lowest BCUT2D eigenvalue weighted by Crippen LogP contribution is -2.33. The predicted molar refractivity (Wildman–Crippen MR) is 49.9 cm³/mol. The van der Waals surface area contributed by atoms with E-state index in [4.69, 9.17) is 5.11 Å². The van der Waals surface area contributed by atoms with Crippen molar-refractivity contribution < 1.29 is 19.5 Å². The minimum absolute atomic E-state index is 0.208. The number of thioether (sulfide) groups is 1. The van der Waals surface area contributed by atoms with E-state index in [-0.39, 0.29) is 16.1 Å². The molecule has 0 aromatic carbocycles. The number of Topliss-reactive ketones (excluding diaryl/α,β-unsaturated/α-hetero) is 1. The molecule has 2 fully saturated rings. The molecule has 5 heteroatoms. The second kappa shape index (κ2) is 2.82. The maximum atomic E-state index is 11.6. The fraction of sp³-hybridized carbons (Fsp3) is 0.667. The third-order valence-electron chi connectivity index (χ3n) is 2.98. The molecule has 1 N–H and O–H groups in total. The van der Waals surface area contributed by atoms with Crippen molar-refractivity contribution in [2.24, 2.45) is 11.3 Å². The minimum Gasteiger partial charge on any atom is -0.481 e. The molecule has 1 saturated heterocycles. The van der Waals surface area contributed by atoms with Gasteiger partial charge < -0.3 is 5.11 Å². The Kier molecular flexibility index (Phi) is 1.96. The number of hydrogen-bond acceptors (Lipinski definition) is 4. The monoisotopic (exact) mass is 214 g/mol. The average molecular weight is 214 g/mol. The fourth-order valence-corrected chi connectivity index (χ4v) is 2.99. The molecule has 2 rings (SSSR count). The van der Waals surface area contributed by atoms with Crippen molar-refractivity contribution in [1.29, 1.82) is 0 Å². The summed E-state index contributed by atoms with van der Waals surface area (Å²) in [6, 6.07) is 0. The third kappa shape index (κ3) is 1.11. The van der Waals surface area contributed by atoms with Gasteiger partial charge in [-0.15, -0.1) is 0 Å². The highest BCUT2D eigenvalue weighted by Crippen LogP contribution is 2.56. The molecule has 4 nitrogen and oxygen atoms in total. The Morgan fingerprint density at radius 3 is 2.36 bits per heavy atom. The highest BCUT2D eigenvalue weighted by atomic mass is 32.2. The van der Waals surface area contributed by atoms with Crippen LogP contribution in [0, 0.1) is 11.3 Å². The molecule has 1 aliphatic heterocycles. The molecule has 2 unspecified atom stereocenters. The normalized spacial score (nSPS) is 34.6. The zero-order valence-electron chi connectivity index (χ0n) is 7.65. The van der Waals surface area contributed by atoms with Gasteiger partial charge in [-0.2, -0.15) is 0 Å². The number of aliphatic carboxylic acids is 1. The zero-order valence-corrected chi connectivity index (χ0v) is 8.47. The van der Waals surface area contributed by atoms with E-state index < -0.39 is 17.3 Å². The Morgan fingerprint density at radius 2 is 2.07 bits per heavy atom. The summed E-state index contributed by atoms with van der Waals surface area (Å²) >= 11 is 0.969. The molecule has 0 aromatic rings. The summed E-state index contributed by atoms with van der Waals surface area (Å²) in [5.74, 6) is -2.10. The van der Waals surface area contributed by atoms with Gasteiger partial charge >= 0.3 is 5.97 Å². The van der Waals surface area contributed by atoms with Crippen LogP contribution in [0.25, 0.3) is 0 Å². The topological polar surface area (TPSA) is 71.4 Å². The van der Waals surface area contributed by atoms with Crippen molar-refractivity contribution in [3.05, 3.63) is 0 Å². The van der Waals surface area contributed by atoms with Gasteiger partial charge in [-0.3, -0.25) is 14.4 Å². The number of rotatable bonds is 2. The summed E-state index contributed by atoms with van der Waals surface area (Å²) in [7, 11) is 0. The van der Waals surface area contributed by atoms with Gasteiger partial charge in [-0.1, -0.05) is 11.8 Å². The molecule has 0 spiro atoms. The van der Waals surface area contributed by atoms with Crippen LogP contribution in [0.5, 0.6) is 0 Å². The van der Waals surface area contributed by atoms with Gasteiger partial charge in [0.1, 0.15) is 5.92 Å². The molecular formula is C9H10O4S. The first-order valence-electron chi connectivity index (χ1n) is 4.46. The Balaban J connectivity index is 2.31. The predicted octanol–water partition coefficient (Wildman–Crippen LogP) is 0.698. The van der Waals surface area contributed by atoms with Crippen molar-refractivity contribution in [1.82, 2.24) is 0 Å². The lowest BCUT2D eigenvalue weighted by Gasteiger charge is -2.14. The van der Waals surface area contributed by atoms with E-state index in [1.54, 1.807) is 6.92 Å². The van der Waals surface area contributed by atoms with Crippen LogP contribution in [0.1, 0.15) is 19.8 Å². The van der Waals surface area contributed by atoms with Crippen molar-refractivity contribution in [3.8, 4) is 0 Å². The molecule has 1 saturated carbocycles. The van der Waals surface area contributed by atoms with Gasteiger partial charge in [-0.05, 0) is 19.8 Å². The first-order chi connectivity index (χ1) is 6.49. The smallest absolute Gasteiger partial charge is 0.310 e. The second-order valence-electron chi connectivity index (χ2n) is 3.88. The largest absolute Gasteiger partial charge is 0.481 e. The second-order valence-corrected chi connectivity index (χ2v) is 5.22. The van der Waals surface area contributed by atoms with E-state index in [1.165, 1.54) is 0 Å². The van der Waals surface area contributed by atoms with Gasteiger partial charge in [0.15, 0.2) is 5.78 Å². The van der Waals surface area contributed by atoms with E-state index >= 15 is 0 Å². The van der Waals surface area contributed by atoms with Gasteiger partial charge in [0.05, 0.1) is 10.7 Å². The lowest BCUT2D eigenvalue weighted by atomic mass is 9.86. The zero-order chi connectivity index (χ0) is 10.5. The number of carbonyl (C=O) groups is 3. The summed E-state index contributed by atoms with van der Waals surface area (Å²) < 4.78 is 0. The Labute approximate surface area is 85.0 Å². The number of ketones is 1. The van der Waals surface area contributed by atoms with Gasteiger partial charge in [0.2, 0.25) is 5.12 Å². The number of carboxylic acids is 1. The Morgan fingerprint density at radius 1 is 1.50 bits per heavy atom. The lowest BCUT2D eigenvalue weighted by molar-refractivity contribution is -0.150. The van der Waals surface area contributed by atoms with E-state index in [0.29, 0.717) is 12.8 Å². The molecule has 1 heterocycles. The molecule has 0 amide bonds. The maximum absolute atomic E-state index is 11.6. The standard InChI is InChI=1S/C9H10O4S/c1-4-6(10)5(7(11)14-4)9(2-3-9)8(12)13/h4-5H,2-3H2,1H3,(H,12,13). The molecule has 2 aliphatic rings. The summed E-state index contributed by atoms with van der Waals surface area (Å²) in [6.07, 6.45) is 0.912. The van der Waals surface area contributed by atoms with Crippen molar-refractivity contribution in [3.63, 3.8) is 0 Å². The van der Waals surface area contributed by atoms with Crippen LogP contribution in [0.3, 0.4) is 0 Å². The Hall–Kier alpha value is -0.840. The third-order valence-corrected chi connectivity index (χ3v) is 4.03. The summed E-state index contributed by atoms with van der Waals surface area (Å²) in [5.41, 5.74) is -1.05. The SMILES string of the molecule is CC1SC(=O)C(C2(C(=O)O)CC2)C1=O. The molecule has 1 aliphatic carbocycles. The van der Waals surface area contributed by atoms with Crippen LogP contribution in [-0.4, -0.2) is 27.2 Å². The van der Waals surface area contributed by atoms with Gasteiger partial charge in [0.25, 0.3) is 0 Å². The van der Waals surface area contributed by atoms with Crippen LogP contribution >= 0.6 is 11.8 Å². The fourth-order valence-electron chi connectivity index (χ4n) is 1.91. The summed E-state index contributed by atoms with van der Waals surface area (Å²) in [6.45, 7) is 1.66. The van der Waals surface area contributed by atoms with E-state index in [1.807, 2.05) is 0 Å². The van der Waals surface area contributed by atoms with Crippen molar-refractivity contribution >= 4 is 28.6 Å². The maximum Gasteiger partial charge on any atom is 0.310 e. The molecule has 0 aromatic heterocycles. The average Bonchev–Trinajstić information content (AvgIpc) is 2.81. The van der Waals surface area contributed by atoms with Gasteiger partial charge in [0, 0.05) is 0 Å². The van der Waals surface area contributed by atoms with Crippen molar-refractivity contribution in [2.45, 2.75) is 25.0 Å². The molecular weight excluding hydrogens is 204 g/mol. The van der Waals surface area contributed by atoms with Crippen LogP contribution in [0.2, 0.25) is 0 Å². The van der Waals surface area contributed by atoms with E-state index in [2.05, 4.69) is 0 Å². The minimum atomic E-state index is -1.05. The molecule has 0 bridgehead atoms. The van der Waals surface area contributed by atoms with Crippen LogP contribution in [0.4, 0.5) is 0 Å². The summed E-state index contributed by atoms with van der Waals surface area (Å²) in [5, 5.41) is 8.34. The first kappa shape index (κ1) is 9.71. The van der Waals surface area contributed by atoms with Crippen LogP contribution < -0.4 is 0 Å².